The molecule has 0 spiro atoms. The van der Waals surface area contributed by atoms with Crippen molar-refractivity contribution in [1.29, 1.82) is 0 Å². The molecule has 0 saturated carbocycles. The minimum Gasteiger partial charge on any atom is -0.462 e. The van der Waals surface area contributed by atoms with Gasteiger partial charge in [0.25, 0.3) is 0 Å². The Kier molecular flexibility index (Phi) is 6.38. The van der Waals surface area contributed by atoms with E-state index in [9.17, 15) is 4.79 Å². The van der Waals surface area contributed by atoms with Crippen LogP contribution in [0.3, 0.4) is 0 Å². The molecule has 0 bridgehead atoms. The molecule has 3 heteroatoms. The molecule has 12 heavy (non-hydrogen) atoms. The molecule has 1 atom stereocenters. The quantitative estimate of drug-likeness (QED) is 0.481. The highest BCUT2D eigenvalue weighted by atomic mass is 16.5. The minimum atomic E-state index is -0.352. The van der Waals surface area contributed by atoms with Gasteiger partial charge in [0, 0.05) is 6.08 Å². The van der Waals surface area contributed by atoms with Crippen molar-refractivity contribution in [2.24, 2.45) is 11.7 Å². The fraction of sp³-hybridized carbons (Fsp3) is 0.667. The van der Waals surface area contributed by atoms with Crippen LogP contribution in [0.4, 0.5) is 0 Å². The maximum Gasteiger partial charge on any atom is 0.330 e. The standard InChI is InChI=1S/C9H17NO2/c1-3-9(11)12-7-8(2)5-4-6-10/h3,8H,1,4-7,10H2,2H3. The lowest BCUT2D eigenvalue weighted by Crippen LogP contribution is -2.11. The molecular formula is C9H17NO2. The lowest BCUT2D eigenvalue weighted by molar-refractivity contribution is -0.138. The molecular weight excluding hydrogens is 154 g/mol. The monoisotopic (exact) mass is 171 g/mol. The Hall–Kier alpha value is -0.830. The van der Waals surface area contributed by atoms with Crippen molar-refractivity contribution in [1.82, 2.24) is 0 Å². The zero-order valence-corrected chi connectivity index (χ0v) is 7.58. The second-order valence-electron chi connectivity index (χ2n) is 2.87. The highest BCUT2D eigenvalue weighted by molar-refractivity contribution is 5.81. The van der Waals surface area contributed by atoms with E-state index in [0.29, 0.717) is 19.1 Å². The minimum absolute atomic E-state index is 0.352. The molecule has 0 aliphatic rings. The van der Waals surface area contributed by atoms with E-state index in [1.807, 2.05) is 6.92 Å². The van der Waals surface area contributed by atoms with E-state index >= 15 is 0 Å². The average molecular weight is 171 g/mol. The van der Waals surface area contributed by atoms with Crippen molar-refractivity contribution in [2.75, 3.05) is 13.2 Å². The van der Waals surface area contributed by atoms with Gasteiger partial charge in [0.1, 0.15) is 0 Å². The number of rotatable bonds is 6. The predicted molar refractivity (Wildman–Crippen MR) is 48.6 cm³/mol. The van der Waals surface area contributed by atoms with Crippen LogP contribution in [0, 0.1) is 5.92 Å². The van der Waals surface area contributed by atoms with Crippen molar-refractivity contribution in [3.63, 3.8) is 0 Å². The van der Waals surface area contributed by atoms with E-state index in [4.69, 9.17) is 10.5 Å². The number of ether oxygens (including phenoxy) is 1. The van der Waals surface area contributed by atoms with Crippen LogP contribution in [0.2, 0.25) is 0 Å². The summed E-state index contributed by atoms with van der Waals surface area (Å²) in [4.78, 5) is 10.6. The Morgan fingerprint density at radius 3 is 2.92 bits per heavy atom. The van der Waals surface area contributed by atoms with Crippen molar-refractivity contribution < 1.29 is 9.53 Å². The maximum absolute atomic E-state index is 10.6. The highest BCUT2D eigenvalue weighted by Crippen LogP contribution is 2.04. The first kappa shape index (κ1) is 11.2. The Balaban J connectivity index is 3.36. The van der Waals surface area contributed by atoms with Gasteiger partial charge in [-0.1, -0.05) is 13.5 Å². The number of carbonyl (C=O) groups is 1. The fourth-order valence-electron chi connectivity index (χ4n) is 0.833. The van der Waals surface area contributed by atoms with E-state index in [0.717, 1.165) is 12.8 Å². The Bertz CT molecular complexity index is 145. The molecule has 0 heterocycles. The topological polar surface area (TPSA) is 52.3 Å². The Morgan fingerprint density at radius 1 is 1.75 bits per heavy atom. The van der Waals surface area contributed by atoms with Gasteiger partial charge in [-0.25, -0.2) is 4.79 Å². The van der Waals surface area contributed by atoms with Crippen LogP contribution >= 0.6 is 0 Å². The van der Waals surface area contributed by atoms with Crippen LogP contribution in [-0.4, -0.2) is 19.1 Å². The van der Waals surface area contributed by atoms with Crippen molar-refractivity contribution in [3.05, 3.63) is 12.7 Å². The van der Waals surface area contributed by atoms with Gasteiger partial charge in [0.05, 0.1) is 6.61 Å². The summed E-state index contributed by atoms with van der Waals surface area (Å²) < 4.78 is 4.85. The molecule has 0 amide bonds. The lowest BCUT2D eigenvalue weighted by atomic mass is 10.1. The van der Waals surface area contributed by atoms with Gasteiger partial charge in [0.2, 0.25) is 0 Å². The summed E-state index contributed by atoms with van der Waals surface area (Å²) >= 11 is 0. The summed E-state index contributed by atoms with van der Waals surface area (Å²) in [6.45, 7) is 6.50. The van der Waals surface area contributed by atoms with Gasteiger partial charge in [-0.3, -0.25) is 0 Å². The van der Waals surface area contributed by atoms with Gasteiger partial charge >= 0.3 is 5.97 Å². The van der Waals surface area contributed by atoms with E-state index < -0.39 is 0 Å². The first-order valence-electron chi connectivity index (χ1n) is 4.20. The van der Waals surface area contributed by atoms with Gasteiger partial charge < -0.3 is 10.5 Å². The second kappa shape index (κ2) is 6.85. The zero-order valence-electron chi connectivity index (χ0n) is 7.58. The number of nitrogens with two attached hydrogens (primary N) is 1. The first-order chi connectivity index (χ1) is 5.70. The lowest BCUT2D eigenvalue weighted by Gasteiger charge is -2.09. The molecule has 0 radical (unpaired) electrons. The second-order valence-corrected chi connectivity index (χ2v) is 2.87. The van der Waals surface area contributed by atoms with Crippen LogP contribution < -0.4 is 5.73 Å². The summed E-state index contributed by atoms with van der Waals surface area (Å²) in [6.07, 6.45) is 3.16. The molecule has 0 fully saturated rings. The van der Waals surface area contributed by atoms with Gasteiger partial charge in [-0.05, 0) is 25.3 Å². The van der Waals surface area contributed by atoms with Gasteiger partial charge in [-0.2, -0.15) is 0 Å². The third-order valence-electron chi connectivity index (χ3n) is 1.58. The van der Waals surface area contributed by atoms with Gasteiger partial charge in [0.15, 0.2) is 0 Å². The SMILES string of the molecule is C=CC(=O)OCC(C)CCCN. The largest absolute Gasteiger partial charge is 0.462 e. The summed E-state index contributed by atoms with van der Waals surface area (Å²) in [5.41, 5.74) is 5.34. The van der Waals surface area contributed by atoms with Crippen LogP contribution in [0.1, 0.15) is 19.8 Å². The Morgan fingerprint density at radius 2 is 2.42 bits per heavy atom. The zero-order chi connectivity index (χ0) is 9.40. The molecule has 0 aromatic rings. The molecule has 0 aliphatic heterocycles. The molecule has 0 aliphatic carbocycles. The third kappa shape index (κ3) is 5.92. The normalized spacial score (nSPS) is 12.2. The number of esters is 1. The molecule has 0 aromatic heterocycles. The Labute approximate surface area is 73.6 Å². The summed E-state index contributed by atoms with van der Waals surface area (Å²) in [5.74, 6) is 0.0343. The summed E-state index contributed by atoms with van der Waals surface area (Å²) in [6, 6.07) is 0. The highest BCUT2D eigenvalue weighted by Gasteiger charge is 2.03. The smallest absolute Gasteiger partial charge is 0.330 e. The summed E-state index contributed by atoms with van der Waals surface area (Å²) in [5, 5.41) is 0. The first-order valence-corrected chi connectivity index (χ1v) is 4.20. The molecule has 3 nitrogen and oxygen atoms in total. The van der Waals surface area contributed by atoms with E-state index in [-0.39, 0.29) is 5.97 Å². The molecule has 0 rings (SSSR count). The van der Waals surface area contributed by atoms with Crippen LogP contribution in [0.15, 0.2) is 12.7 Å². The molecule has 1 unspecified atom stereocenters. The molecule has 2 N–H and O–H groups in total. The average Bonchev–Trinajstić information content (AvgIpc) is 2.10. The molecule has 0 saturated heterocycles. The fourth-order valence-corrected chi connectivity index (χ4v) is 0.833. The van der Waals surface area contributed by atoms with Crippen molar-refractivity contribution >= 4 is 5.97 Å². The van der Waals surface area contributed by atoms with E-state index in [2.05, 4.69) is 6.58 Å². The number of hydrogen-bond acceptors (Lipinski definition) is 3. The van der Waals surface area contributed by atoms with E-state index in [1.165, 1.54) is 6.08 Å². The summed E-state index contributed by atoms with van der Waals surface area (Å²) in [7, 11) is 0. The van der Waals surface area contributed by atoms with Crippen LogP contribution in [0.5, 0.6) is 0 Å². The van der Waals surface area contributed by atoms with Crippen LogP contribution in [-0.2, 0) is 9.53 Å². The van der Waals surface area contributed by atoms with Crippen molar-refractivity contribution in [2.45, 2.75) is 19.8 Å². The van der Waals surface area contributed by atoms with Crippen molar-refractivity contribution in [3.8, 4) is 0 Å². The molecule has 70 valence electrons. The predicted octanol–water partition coefficient (Wildman–Crippen LogP) is 1.09. The van der Waals surface area contributed by atoms with E-state index in [1.54, 1.807) is 0 Å². The molecule has 0 aromatic carbocycles. The number of hydrogen-bond donors (Lipinski definition) is 1. The third-order valence-corrected chi connectivity index (χ3v) is 1.58. The van der Waals surface area contributed by atoms with Gasteiger partial charge in [-0.15, -0.1) is 0 Å². The maximum atomic E-state index is 10.6. The van der Waals surface area contributed by atoms with Crippen LogP contribution in [0.25, 0.3) is 0 Å². The number of carbonyl (C=O) groups excluding carboxylic acids is 1.